The predicted molar refractivity (Wildman–Crippen MR) is 109 cm³/mol. The highest BCUT2D eigenvalue weighted by Crippen LogP contribution is 2.29. The van der Waals surface area contributed by atoms with Crippen molar-refractivity contribution >= 4 is 12.2 Å². The van der Waals surface area contributed by atoms with Crippen molar-refractivity contribution < 1.29 is 5.11 Å². The van der Waals surface area contributed by atoms with E-state index in [1.165, 1.54) is 5.56 Å². The summed E-state index contributed by atoms with van der Waals surface area (Å²) in [5.74, 6) is 1.36. The topological polar surface area (TPSA) is 50.9 Å². The zero-order valence-electron chi connectivity index (χ0n) is 14.9. The molecule has 1 N–H and O–H groups in total. The van der Waals surface area contributed by atoms with E-state index in [-0.39, 0.29) is 5.75 Å². The van der Waals surface area contributed by atoms with Crippen LogP contribution in [-0.4, -0.2) is 19.9 Å². The van der Waals surface area contributed by atoms with Crippen molar-refractivity contribution in [2.75, 3.05) is 0 Å². The fourth-order valence-corrected chi connectivity index (χ4v) is 2.83. The Kier molecular flexibility index (Phi) is 4.54. The van der Waals surface area contributed by atoms with Gasteiger partial charge in [-0.05, 0) is 42.8 Å². The second-order valence-corrected chi connectivity index (χ2v) is 6.30. The van der Waals surface area contributed by atoms with Gasteiger partial charge in [-0.15, -0.1) is 5.10 Å². The minimum absolute atomic E-state index is 0.177. The lowest BCUT2D eigenvalue weighted by Crippen LogP contribution is -1.99. The van der Waals surface area contributed by atoms with Crippen LogP contribution in [0.2, 0.25) is 0 Å². The first-order valence-corrected chi connectivity index (χ1v) is 8.76. The van der Waals surface area contributed by atoms with Crippen molar-refractivity contribution in [1.29, 1.82) is 0 Å². The molecule has 0 spiro atoms. The molecule has 0 aliphatic carbocycles. The maximum absolute atomic E-state index is 10.3. The Morgan fingerprint density at radius 2 is 1.52 bits per heavy atom. The SMILES string of the molecule is Cc1ccc(C=Cc2nc(-c3ccccc3O)n(-c3ccccc3)n2)cc1. The number of nitrogens with zero attached hydrogens (tertiary/aromatic N) is 3. The lowest BCUT2D eigenvalue weighted by molar-refractivity contribution is 0.476. The molecule has 3 aromatic carbocycles. The maximum Gasteiger partial charge on any atom is 0.175 e. The molecule has 132 valence electrons. The first-order chi connectivity index (χ1) is 13.2. The molecular weight excluding hydrogens is 334 g/mol. The first kappa shape index (κ1) is 16.8. The van der Waals surface area contributed by atoms with Crippen LogP contribution in [0.1, 0.15) is 17.0 Å². The van der Waals surface area contributed by atoms with Gasteiger partial charge >= 0.3 is 0 Å². The summed E-state index contributed by atoms with van der Waals surface area (Å²) in [4.78, 5) is 4.66. The summed E-state index contributed by atoms with van der Waals surface area (Å²) >= 11 is 0. The molecule has 0 unspecified atom stereocenters. The Balaban J connectivity index is 1.78. The van der Waals surface area contributed by atoms with Crippen molar-refractivity contribution in [3.05, 3.63) is 95.8 Å². The molecule has 0 radical (unpaired) electrons. The quantitative estimate of drug-likeness (QED) is 0.554. The molecule has 4 rings (SSSR count). The number of phenolic OH excluding ortho intramolecular Hbond substituents is 1. The number of benzene rings is 3. The molecule has 4 nitrogen and oxygen atoms in total. The number of aryl methyl sites for hydroxylation is 1. The molecule has 0 amide bonds. The van der Waals surface area contributed by atoms with E-state index in [4.69, 9.17) is 0 Å². The maximum atomic E-state index is 10.3. The molecule has 0 aliphatic rings. The van der Waals surface area contributed by atoms with Gasteiger partial charge in [-0.3, -0.25) is 0 Å². The van der Waals surface area contributed by atoms with Crippen molar-refractivity contribution in [2.45, 2.75) is 6.92 Å². The van der Waals surface area contributed by atoms with E-state index in [9.17, 15) is 5.11 Å². The largest absolute Gasteiger partial charge is 0.507 e. The van der Waals surface area contributed by atoms with Crippen LogP contribution < -0.4 is 0 Å². The smallest absolute Gasteiger partial charge is 0.175 e. The van der Waals surface area contributed by atoms with Crippen molar-refractivity contribution in [2.24, 2.45) is 0 Å². The van der Waals surface area contributed by atoms with Crippen LogP contribution in [0.15, 0.2) is 78.9 Å². The molecule has 1 aromatic heterocycles. The van der Waals surface area contributed by atoms with Gasteiger partial charge in [0.1, 0.15) is 5.75 Å². The Hall–Kier alpha value is -3.66. The van der Waals surface area contributed by atoms with E-state index in [0.29, 0.717) is 17.2 Å². The lowest BCUT2D eigenvalue weighted by atomic mass is 10.1. The van der Waals surface area contributed by atoms with E-state index in [0.717, 1.165) is 11.3 Å². The molecule has 4 heteroatoms. The van der Waals surface area contributed by atoms with Gasteiger partial charge in [0.05, 0.1) is 11.3 Å². The highest BCUT2D eigenvalue weighted by molar-refractivity contribution is 5.70. The molecule has 1 heterocycles. The molecule has 27 heavy (non-hydrogen) atoms. The number of aromatic hydroxyl groups is 1. The van der Waals surface area contributed by atoms with Crippen LogP contribution in [0.4, 0.5) is 0 Å². The van der Waals surface area contributed by atoms with Crippen LogP contribution >= 0.6 is 0 Å². The minimum Gasteiger partial charge on any atom is -0.507 e. The van der Waals surface area contributed by atoms with E-state index >= 15 is 0 Å². The van der Waals surface area contributed by atoms with Crippen molar-refractivity contribution in [3.8, 4) is 22.8 Å². The Bertz CT molecular complexity index is 1080. The zero-order valence-corrected chi connectivity index (χ0v) is 14.9. The number of rotatable bonds is 4. The predicted octanol–water partition coefficient (Wildman–Crippen LogP) is 5.12. The van der Waals surface area contributed by atoms with Crippen LogP contribution in [0.5, 0.6) is 5.75 Å². The summed E-state index contributed by atoms with van der Waals surface area (Å²) in [6.07, 6.45) is 3.87. The number of hydrogen-bond acceptors (Lipinski definition) is 3. The third-order valence-corrected chi connectivity index (χ3v) is 4.27. The van der Waals surface area contributed by atoms with Gasteiger partial charge in [0.25, 0.3) is 0 Å². The monoisotopic (exact) mass is 353 g/mol. The van der Waals surface area contributed by atoms with Gasteiger partial charge in [0.2, 0.25) is 0 Å². The lowest BCUT2D eigenvalue weighted by Gasteiger charge is -2.06. The Morgan fingerprint density at radius 3 is 2.26 bits per heavy atom. The van der Waals surface area contributed by atoms with Crippen LogP contribution in [0.3, 0.4) is 0 Å². The van der Waals surface area contributed by atoms with Crippen molar-refractivity contribution in [3.63, 3.8) is 0 Å². The standard InChI is InChI=1S/C23H19N3O/c1-17-11-13-18(14-12-17)15-16-22-24-23(20-9-5-6-10-21(20)27)26(25-22)19-7-3-2-4-8-19/h2-16,27H,1H3. The van der Waals surface area contributed by atoms with Gasteiger partial charge in [0.15, 0.2) is 11.6 Å². The number of phenols is 1. The van der Waals surface area contributed by atoms with Gasteiger partial charge in [-0.2, -0.15) is 0 Å². The Labute approximate surface area is 158 Å². The number of aromatic nitrogens is 3. The summed E-state index contributed by atoms with van der Waals surface area (Å²) < 4.78 is 1.75. The van der Waals surface area contributed by atoms with Crippen LogP contribution in [0.25, 0.3) is 29.2 Å². The van der Waals surface area contributed by atoms with Gasteiger partial charge < -0.3 is 5.11 Å². The normalized spacial score (nSPS) is 11.1. The molecule has 0 saturated carbocycles. The van der Waals surface area contributed by atoms with E-state index < -0.39 is 0 Å². The summed E-state index contributed by atoms with van der Waals surface area (Å²) in [6, 6.07) is 25.2. The molecule has 0 fully saturated rings. The fraction of sp³-hybridized carbons (Fsp3) is 0.0435. The van der Waals surface area contributed by atoms with E-state index in [2.05, 4.69) is 41.3 Å². The summed E-state index contributed by atoms with van der Waals surface area (Å²) in [5.41, 5.74) is 3.84. The number of para-hydroxylation sites is 2. The molecule has 0 aliphatic heterocycles. The minimum atomic E-state index is 0.177. The van der Waals surface area contributed by atoms with E-state index in [1.807, 2.05) is 54.6 Å². The van der Waals surface area contributed by atoms with Crippen LogP contribution in [0, 0.1) is 6.92 Å². The average molecular weight is 353 g/mol. The second-order valence-electron chi connectivity index (χ2n) is 6.30. The van der Waals surface area contributed by atoms with E-state index in [1.54, 1.807) is 16.8 Å². The molecule has 4 aromatic rings. The first-order valence-electron chi connectivity index (χ1n) is 8.76. The van der Waals surface area contributed by atoms with Crippen LogP contribution in [-0.2, 0) is 0 Å². The molecule has 0 atom stereocenters. The van der Waals surface area contributed by atoms with Gasteiger partial charge in [0, 0.05) is 0 Å². The highest BCUT2D eigenvalue weighted by Gasteiger charge is 2.15. The Morgan fingerprint density at radius 1 is 0.815 bits per heavy atom. The third kappa shape index (κ3) is 3.65. The summed E-state index contributed by atoms with van der Waals surface area (Å²) in [5, 5.41) is 14.9. The zero-order chi connectivity index (χ0) is 18.6. The fourth-order valence-electron chi connectivity index (χ4n) is 2.83. The number of hydrogen-bond donors (Lipinski definition) is 1. The molecule has 0 bridgehead atoms. The van der Waals surface area contributed by atoms with Crippen molar-refractivity contribution in [1.82, 2.24) is 14.8 Å². The second kappa shape index (κ2) is 7.30. The average Bonchev–Trinajstić information content (AvgIpc) is 3.13. The summed E-state index contributed by atoms with van der Waals surface area (Å²) in [7, 11) is 0. The van der Waals surface area contributed by atoms with Gasteiger partial charge in [-0.25, -0.2) is 9.67 Å². The molecule has 0 saturated heterocycles. The summed E-state index contributed by atoms with van der Waals surface area (Å²) in [6.45, 7) is 2.06. The molecular formula is C23H19N3O. The van der Waals surface area contributed by atoms with Gasteiger partial charge in [-0.1, -0.05) is 66.2 Å². The third-order valence-electron chi connectivity index (χ3n) is 4.27. The highest BCUT2D eigenvalue weighted by atomic mass is 16.3.